The molecule has 9 heteroatoms. The number of benzene rings is 1. The van der Waals surface area contributed by atoms with Crippen LogP contribution < -0.4 is 0 Å². The molecular formula is C11H10N4O4S. The molecule has 0 amide bonds. The number of ether oxygens (including phenoxy) is 1. The topological polar surface area (TPSA) is 107 Å². The van der Waals surface area contributed by atoms with Gasteiger partial charge in [0.1, 0.15) is 0 Å². The van der Waals surface area contributed by atoms with Gasteiger partial charge >= 0.3 is 11.9 Å². The molecule has 0 saturated heterocycles. The van der Waals surface area contributed by atoms with Crippen LogP contribution in [-0.4, -0.2) is 50.1 Å². The third-order valence-electron chi connectivity index (χ3n) is 2.30. The predicted molar refractivity (Wildman–Crippen MR) is 68.9 cm³/mol. The fraction of sp³-hybridized carbons (Fsp3) is 0.182. The Hall–Kier alpha value is -2.42. The number of hydrogen-bond donors (Lipinski definition) is 1. The number of nitrogens with zero attached hydrogens (tertiary/aromatic N) is 4. The van der Waals surface area contributed by atoms with Crippen molar-refractivity contribution in [3.8, 4) is 5.69 Å². The molecule has 1 N–H and O–H groups in total. The molecule has 0 unspecified atom stereocenters. The number of rotatable bonds is 5. The maximum atomic E-state index is 11.3. The van der Waals surface area contributed by atoms with Gasteiger partial charge in [0, 0.05) is 0 Å². The van der Waals surface area contributed by atoms with Gasteiger partial charge in [-0.2, -0.15) is 4.68 Å². The molecule has 0 saturated carbocycles. The van der Waals surface area contributed by atoms with E-state index in [4.69, 9.17) is 5.11 Å². The quantitative estimate of drug-likeness (QED) is 0.632. The van der Waals surface area contributed by atoms with Crippen molar-refractivity contribution in [2.45, 2.75) is 5.16 Å². The van der Waals surface area contributed by atoms with Crippen molar-refractivity contribution in [1.29, 1.82) is 0 Å². The Morgan fingerprint density at radius 3 is 2.65 bits per heavy atom. The molecule has 0 fully saturated rings. The third kappa shape index (κ3) is 3.12. The van der Waals surface area contributed by atoms with Crippen LogP contribution in [0, 0.1) is 0 Å². The molecule has 104 valence electrons. The Morgan fingerprint density at radius 1 is 1.35 bits per heavy atom. The van der Waals surface area contributed by atoms with Gasteiger partial charge in [-0.25, -0.2) is 4.79 Å². The molecule has 0 aliphatic rings. The lowest BCUT2D eigenvalue weighted by Gasteiger charge is -2.04. The second kappa shape index (κ2) is 6.15. The van der Waals surface area contributed by atoms with E-state index in [1.807, 2.05) is 0 Å². The number of carboxylic acids is 1. The summed E-state index contributed by atoms with van der Waals surface area (Å²) in [5.41, 5.74) is 1.03. The van der Waals surface area contributed by atoms with Gasteiger partial charge in [0.25, 0.3) is 0 Å². The smallest absolute Gasteiger partial charge is 0.337 e. The highest BCUT2D eigenvalue weighted by Crippen LogP contribution is 2.18. The number of aliphatic carboxylic acids is 1. The second-order valence-electron chi connectivity index (χ2n) is 3.59. The van der Waals surface area contributed by atoms with Gasteiger partial charge in [-0.15, -0.1) is 5.10 Å². The van der Waals surface area contributed by atoms with Crippen molar-refractivity contribution in [1.82, 2.24) is 20.2 Å². The number of carboxylic acid groups (broad SMARTS) is 1. The van der Waals surface area contributed by atoms with Crippen LogP contribution in [0.2, 0.25) is 0 Å². The largest absolute Gasteiger partial charge is 0.481 e. The molecule has 0 aliphatic carbocycles. The van der Waals surface area contributed by atoms with E-state index in [1.54, 1.807) is 24.3 Å². The summed E-state index contributed by atoms with van der Waals surface area (Å²) in [7, 11) is 1.30. The molecule has 1 aromatic heterocycles. The Kier molecular flexibility index (Phi) is 4.31. The summed E-state index contributed by atoms with van der Waals surface area (Å²) in [6.45, 7) is 0. The van der Waals surface area contributed by atoms with Gasteiger partial charge in [0.2, 0.25) is 5.16 Å². The van der Waals surface area contributed by atoms with Crippen molar-refractivity contribution in [3.05, 3.63) is 29.8 Å². The fourth-order valence-electron chi connectivity index (χ4n) is 1.41. The first-order chi connectivity index (χ1) is 9.61. The van der Waals surface area contributed by atoms with Crippen LogP contribution in [0.25, 0.3) is 5.69 Å². The molecule has 0 spiro atoms. The van der Waals surface area contributed by atoms with Crippen molar-refractivity contribution < 1.29 is 19.4 Å². The third-order valence-corrected chi connectivity index (χ3v) is 3.20. The standard InChI is InChI=1S/C11H10N4O4S/c1-19-10(18)7-2-4-8(5-3-7)15-11(12-13-14-15)20-6-9(16)17/h2-5H,6H2,1H3,(H,16,17). The fourth-order valence-corrected chi connectivity index (χ4v) is 2.02. The van der Waals surface area contributed by atoms with E-state index in [0.717, 1.165) is 11.8 Å². The van der Waals surface area contributed by atoms with E-state index in [1.165, 1.54) is 11.8 Å². The summed E-state index contributed by atoms with van der Waals surface area (Å²) < 4.78 is 6.00. The van der Waals surface area contributed by atoms with Crippen LogP contribution in [0.15, 0.2) is 29.4 Å². The van der Waals surface area contributed by atoms with E-state index in [-0.39, 0.29) is 5.75 Å². The molecule has 0 aliphatic heterocycles. The van der Waals surface area contributed by atoms with Gasteiger partial charge < -0.3 is 9.84 Å². The molecule has 2 aromatic rings. The number of carbonyl (C=O) groups excluding carboxylic acids is 1. The molecule has 0 bridgehead atoms. The van der Waals surface area contributed by atoms with Crippen molar-refractivity contribution in [2.24, 2.45) is 0 Å². The van der Waals surface area contributed by atoms with E-state index in [9.17, 15) is 9.59 Å². The zero-order chi connectivity index (χ0) is 14.5. The Bertz CT molecular complexity index is 626. The van der Waals surface area contributed by atoms with Crippen LogP contribution in [0.1, 0.15) is 10.4 Å². The second-order valence-corrected chi connectivity index (χ2v) is 4.54. The monoisotopic (exact) mass is 294 g/mol. The van der Waals surface area contributed by atoms with E-state index < -0.39 is 11.9 Å². The summed E-state index contributed by atoms with van der Waals surface area (Å²) in [5, 5.41) is 20.0. The van der Waals surface area contributed by atoms with Gasteiger partial charge in [-0.05, 0) is 34.7 Å². The first-order valence-corrected chi connectivity index (χ1v) is 6.42. The summed E-state index contributed by atoms with van der Waals surface area (Å²) in [5.74, 6) is -1.53. The van der Waals surface area contributed by atoms with Crippen LogP contribution in [0.4, 0.5) is 0 Å². The van der Waals surface area contributed by atoms with Gasteiger partial charge in [-0.3, -0.25) is 4.79 Å². The maximum Gasteiger partial charge on any atom is 0.337 e. The van der Waals surface area contributed by atoms with Crippen LogP contribution >= 0.6 is 11.8 Å². The molecule has 1 heterocycles. The Morgan fingerprint density at radius 2 is 2.05 bits per heavy atom. The van der Waals surface area contributed by atoms with E-state index in [2.05, 4.69) is 20.3 Å². The lowest BCUT2D eigenvalue weighted by atomic mass is 10.2. The lowest BCUT2D eigenvalue weighted by Crippen LogP contribution is -2.04. The first-order valence-electron chi connectivity index (χ1n) is 5.43. The summed E-state index contributed by atoms with van der Waals surface area (Å²) in [6.07, 6.45) is 0. The first kappa shape index (κ1) is 14.0. The minimum Gasteiger partial charge on any atom is -0.481 e. The SMILES string of the molecule is COC(=O)c1ccc(-n2nnnc2SCC(=O)O)cc1. The number of thioether (sulfide) groups is 1. The van der Waals surface area contributed by atoms with Gasteiger partial charge in [-0.1, -0.05) is 11.8 Å². The average molecular weight is 294 g/mol. The summed E-state index contributed by atoms with van der Waals surface area (Å²) in [6, 6.07) is 6.45. The van der Waals surface area contributed by atoms with Crippen LogP contribution in [0.5, 0.6) is 0 Å². The molecule has 8 nitrogen and oxygen atoms in total. The minimum absolute atomic E-state index is 0.138. The molecule has 1 aromatic carbocycles. The summed E-state index contributed by atoms with van der Waals surface area (Å²) >= 11 is 1.01. The average Bonchev–Trinajstić information content (AvgIpc) is 2.93. The van der Waals surface area contributed by atoms with E-state index >= 15 is 0 Å². The molecule has 0 atom stereocenters. The zero-order valence-electron chi connectivity index (χ0n) is 10.4. The number of methoxy groups -OCH3 is 1. The number of carbonyl (C=O) groups is 2. The van der Waals surface area contributed by atoms with Crippen LogP contribution in [0.3, 0.4) is 0 Å². The lowest BCUT2D eigenvalue weighted by molar-refractivity contribution is -0.133. The minimum atomic E-state index is -0.953. The number of tetrazole rings is 1. The number of aromatic nitrogens is 4. The summed E-state index contributed by atoms with van der Waals surface area (Å²) in [4.78, 5) is 21.9. The van der Waals surface area contributed by atoms with Crippen molar-refractivity contribution in [3.63, 3.8) is 0 Å². The maximum absolute atomic E-state index is 11.3. The molecule has 2 rings (SSSR count). The number of hydrogen-bond acceptors (Lipinski definition) is 7. The highest BCUT2D eigenvalue weighted by Gasteiger charge is 2.12. The molecular weight excluding hydrogens is 284 g/mol. The highest BCUT2D eigenvalue weighted by molar-refractivity contribution is 7.99. The van der Waals surface area contributed by atoms with Crippen molar-refractivity contribution in [2.75, 3.05) is 12.9 Å². The highest BCUT2D eigenvalue weighted by atomic mass is 32.2. The van der Waals surface area contributed by atoms with E-state index in [0.29, 0.717) is 16.4 Å². The van der Waals surface area contributed by atoms with Gasteiger partial charge in [0.05, 0.1) is 24.1 Å². The predicted octanol–water partition coefficient (Wildman–Crippen LogP) is 0.626. The number of esters is 1. The Balaban J connectivity index is 2.21. The van der Waals surface area contributed by atoms with Gasteiger partial charge in [0.15, 0.2) is 0 Å². The van der Waals surface area contributed by atoms with Crippen molar-refractivity contribution >= 4 is 23.7 Å². The normalized spacial score (nSPS) is 10.2. The molecule has 0 radical (unpaired) electrons. The Labute approximate surface area is 117 Å². The van der Waals surface area contributed by atoms with Crippen LogP contribution in [-0.2, 0) is 9.53 Å². The molecule has 20 heavy (non-hydrogen) atoms. The zero-order valence-corrected chi connectivity index (χ0v) is 11.2.